The van der Waals surface area contributed by atoms with Crippen molar-refractivity contribution < 1.29 is 4.74 Å². The van der Waals surface area contributed by atoms with Crippen LogP contribution in [0.5, 0.6) is 5.75 Å². The number of methoxy groups -OCH3 is 1. The molecule has 0 saturated heterocycles. The van der Waals surface area contributed by atoms with Crippen LogP contribution < -0.4 is 10.2 Å². The molecular formula is C19H19N3OS. The normalized spacial score (nSPS) is 10.5. The number of hydrazone groups is 1. The highest BCUT2D eigenvalue weighted by molar-refractivity contribution is 7.15. The summed E-state index contributed by atoms with van der Waals surface area (Å²) in [6.07, 6.45) is 0. The fraction of sp³-hybridized carbons (Fsp3) is 0.158. The van der Waals surface area contributed by atoms with Crippen LogP contribution in [0.15, 0.2) is 47.6 Å². The average Bonchev–Trinajstić information content (AvgIpc) is 2.99. The molecule has 0 fully saturated rings. The van der Waals surface area contributed by atoms with E-state index in [1.54, 1.807) is 18.4 Å². The van der Waals surface area contributed by atoms with Crippen molar-refractivity contribution in [1.29, 1.82) is 0 Å². The van der Waals surface area contributed by atoms with E-state index in [0.717, 1.165) is 38.8 Å². The van der Waals surface area contributed by atoms with E-state index in [2.05, 4.69) is 36.3 Å². The number of benzene rings is 2. The summed E-state index contributed by atoms with van der Waals surface area (Å²) in [4.78, 5) is 5.90. The zero-order chi connectivity index (χ0) is 17.1. The molecule has 1 N–H and O–H groups in total. The number of aryl methyl sites for hydroxylation is 2. The van der Waals surface area contributed by atoms with E-state index < -0.39 is 0 Å². The van der Waals surface area contributed by atoms with Gasteiger partial charge in [0.05, 0.1) is 28.4 Å². The quantitative estimate of drug-likeness (QED) is 0.518. The highest BCUT2D eigenvalue weighted by Crippen LogP contribution is 2.38. The third-order valence-corrected chi connectivity index (χ3v) is 4.81. The lowest BCUT2D eigenvalue weighted by molar-refractivity contribution is 0.415. The first kappa shape index (κ1) is 16.2. The molecule has 0 saturated carbocycles. The van der Waals surface area contributed by atoms with E-state index in [-0.39, 0.29) is 0 Å². The minimum atomic E-state index is 0.843. The first-order valence-corrected chi connectivity index (χ1v) is 8.38. The Morgan fingerprint density at radius 1 is 1.08 bits per heavy atom. The van der Waals surface area contributed by atoms with E-state index in [1.165, 1.54) is 4.88 Å². The Labute approximate surface area is 145 Å². The molecule has 0 aliphatic rings. The number of anilines is 1. The van der Waals surface area contributed by atoms with Gasteiger partial charge in [-0.2, -0.15) is 5.10 Å². The molecule has 3 aromatic rings. The summed E-state index contributed by atoms with van der Waals surface area (Å²) >= 11 is 1.70. The Bertz CT molecular complexity index is 869. The summed E-state index contributed by atoms with van der Waals surface area (Å²) in [5.74, 6) is 0.843. The molecule has 0 aliphatic heterocycles. The molecule has 1 aromatic heterocycles. The maximum absolute atomic E-state index is 5.24. The summed E-state index contributed by atoms with van der Waals surface area (Å²) in [6, 6.07) is 14.3. The van der Waals surface area contributed by atoms with Gasteiger partial charge in [0.2, 0.25) is 0 Å². The molecule has 0 radical (unpaired) electrons. The lowest BCUT2D eigenvalue weighted by Crippen LogP contribution is -1.91. The number of thiazole rings is 1. The summed E-state index contributed by atoms with van der Waals surface area (Å²) in [5, 5.41) is 4.78. The molecule has 0 atom stereocenters. The predicted octanol–water partition coefficient (Wildman–Crippen LogP) is 5.13. The summed E-state index contributed by atoms with van der Waals surface area (Å²) in [5.41, 5.74) is 8.22. The Balaban J connectivity index is 2.05. The molecule has 2 aromatic carbocycles. The fourth-order valence-corrected chi connectivity index (χ4v) is 3.52. The molecule has 0 unspecified atom stereocenters. The van der Waals surface area contributed by atoms with Crippen LogP contribution >= 0.6 is 11.3 Å². The number of hydrogen-bond donors (Lipinski definition) is 1. The van der Waals surface area contributed by atoms with Gasteiger partial charge in [-0.05, 0) is 61.4 Å². The van der Waals surface area contributed by atoms with E-state index in [9.17, 15) is 0 Å². The van der Waals surface area contributed by atoms with Gasteiger partial charge in [0.1, 0.15) is 5.75 Å². The van der Waals surface area contributed by atoms with Gasteiger partial charge < -0.3 is 4.74 Å². The number of nitrogens with zero attached hydrogens (tertiary/aromatic N) is 2. The Kier molecular flexibility index (Phi) is 4.62. The summed E-state index contributed by atoms with van der Waals surface area (Å²) in [6.45, 7) is 7.56. The van der Waals surface area contributed by atoms with Crippen LogP contribution in [0.3, 0.4) is 0 Å². The minimum Gasteiger partial charge on any atom is -0.497 e. The third kappa shape index (κ3) is 3.16. The summed E-state index contributed by atoms with van der Waals surface area (Å²) in [7, 11) is 1.67. The van der Waals surface area contributed by atoms with Crippen LogP contribution in [0.4, 0.5) is 5.69 Å². The Morgan fingerprint density at radius 3 is 2.42 bits per heavy atom. The van der Waals surface area contributed by atoms with Crippen LogP contribution in [-0.2, 0) is 0 Å². The zero-order valence-corrected chi connectivity index (χ0v) is 14.8. The number of aromatic nitrogens is 1. The van der Waals surface area contributed by atoms with Gasteiger partial charge in [0.25, 0.3) is 0 Å². The van der Waals surface area contributed by atoms with Crippen LogP contribution in [0.1, 0.15) is 10.6 Å². The van der Waals surface area contributed by atoms with Crippen LogP contribution in [-0.4, -0.2) is 18.8 Å². The van der Waals surface area contributed by atoms with Crippen molar-refractivity contribution in [2.45, 2.75) is 13.8 Å². The van der Waals surface area contributed by atoms with Gasteiger partial charge in [-0.15, -0.1) is 11.3 Å². The van der Waals surface area contributed by atoms with Crippen LogP contribution in [0, 0.1) is 13.8 Å². The lowest BCUT2D eigenvalue weighted by atomic mass is 10.0. The van der Waals surface area contributed by atoms with Gasteiger partial charge in [-0.3, -0.25) is 5.43 Å². The second-order valence-corrected chi connectivity index (χ2v) is 6.64. The van der Waals surface area contributed by atoms with Gasteiger partial charge >= 0.3 is 0 Å². The second kappa shape index (κ2) is 6.84. The zero-order valence-electron chi connectivity index (χ0n) is 14.0. The van der Waals surface area contributed by atoms with Crippen LogP contribution in [0.25, 0.3) is 21.7 Å². The van der Waals surface area contributed by atoms with E-state index in [1.807, 2.05) is 37.3 Å². The predicted molar refractivity (Wildman–Crippen MR) is 102 cm³/mol. The number of hydrogen-bond acceptors (Lipinski definition) is 5. The van der Waals surface area contributed by atoms with Crippen molar-refractivity contribution in [2.24, 2.45) is 5.10 Å². The highest BCUT2D eigenvalue weighted by Gasteiger charge is 2.14. The summed E-state index contributed by atoms with van der Waals surface area (Å²) < 4.78 is 5.24. The number of nitrogens with one attached hydrogen (secondary N) is 1. The molecular weight excluding hydrogens is 318 g/mol. The molecule has 122 valence electrons. The monoisotopic (exact) mass is 337 g/mol. The van der Waals surface area contributed by atoms with Crippen molar-refractivity contribution in [3.05, 3.63) is 53.0 Å². The van der Waals surface area contributed by atoms with Gasteiger partial charge in [-0.1, -0.05) is 6.07 Å². The van der Waals surface area contributed by atoms with Crippen LogP contribution in [0.2, 0.25) is 0 Å². The van der Waals surface area contributed by atoms with E-state index in [4.69, 9.17) is 9.72 Å². The smallest absolute Gasteiger partial charge is 0.118 e. The van der Waals surface area contributed by atoms with Crippen molar-refractivity contribution in [1.82, 2.24) is 4.98 Å². The largest absolute Gasteiger partial charge is 0.497 e. The maximum Gasteiger partial charge on any atom is 0.118 e. The molecule has 0 amide bonds. The standard InChI is InChI=1S/C19H19N3OS/c1-12-11-15(7-10-17(12)22-20-3)19-18(21-13(2)24-19)14-5-8-16(23-4)9-6-14/h5-11,22H,3H2,1-2,4H3. The molecule has 4 nitrogen and oxygen atoms in total. The maximum atomic E-state index is 5.24. The third-order valence-electron chi connectivity index (χ3n) is 3.79. The van der Waals surface area contributed by atoms with Gasteiger partial charge in [0.15, 0.2) is 0 Å². The minimum absolute atomic E-state index is 0.843. The molecule has 0 spiro atoms. The molecule has 1 heterocycles. The molecule has 0 bridgehead atoms. The molecule has 0 aliphatic carbocycles. The van der Waals surface area contributed by atoms with Gasteiger partial charge in [-0.25, -0.2) is 4.98 Å². The topological polar surface area (TPSA) is 46.5 Å². The number of rotatable bonds is 5. The van der Waals surface area contributed by atoms with E-state index >= 15 is 0 Å². The van der Waals surface area contributed by atoms with Crippen molar-refractivity contribution in [2.75, 3.05) is 12.5 Å². The second-order valence-electron chi connectivity index (χ2n) is 5.44. The van der Waals surface area contributed by atoms with E-state index in [0.29, 0.717) is 0 Å². The lowest BCUT2D eigenvalue weighted by Gasteiger charge is -2.08. The van der Waals surface area contributed by atoms with Crippen molar-refractivity contribution in [3.63, 3.8) is 0 Å². The molecule has 3 rings (SSSR count). The van der Waals surface area contributed by atoms with Gasteiger partial charge in [0, 0.05) is 12.3 Å². The number of ether oxygens (including phenoxy) is 1. The average molecular weight is 337 g/mol. The van der Waals surface area contributed by atoms with Crippen molar-refractivity contribution in [3.8, 4) is 27.4 Å². The SMILES string of the molecule is C=NNc1ccc(-c2sc(C)nc2-c2ccc(OC)cc2)cc1C. The Hall–Kier alpha value is -2.66. The molecule has 24 heavy (non-hydrogen) atoms. The Morgan fingerprint density at radius 2 is 1.79 bits per heavy atom. The molecule has 5 heteroatoms. The highest BCUT2D eigenvalue weighted by atomic mass is 32.1. The first-order chi connectivity index (χ1) is 11.6. The van der Waals surface area contributed by atoms with Crippen molar-refractivity contribution >= 4 is 23.7 Å². The first-order valence-electron chi connectivity index (χ1n) is 7.57. The fourth-order valence-electron chi connectivity index (χ4n) is 2.58.